The van der Waals surface area contributed by atoms with Gasteiger partial charge in [0.1, 0.15) is 6.42 Å². The SMILES string of the molecule is C/C(CCc1ccccc1)=N\NC(=O)CC(=O)NCc1ccccc1. The number of carbonyl (C=O) groups is 2. The van der Waals surface area contributed by atoms with Crippen LogP contribution in [0.3, 0.4) is 0 Å². The van der Waals surface area contributed by atoms with Gasteiger partial charge >= 0.3 is 0 Å². The molecule has 0 atom stereocenters. The van der Waals surface area contributed by atoms with Gasteiger partial charge in [0.25, 0.3) is 0 Å². The van der Waals surface area contributed by atoms with Crippen LogP contribution in [0.25, 0.3) is 0 Å². The van der Waals surface area contributed by atoms with E-state index in [2.05, 4.69) is 28.0 Å². The number of hydrazone groups is 1. The van der Waals surface area contributed by atoms with Crippen LogP contribution in [0.4, 0.5) is 0 Å². The number of amides is 2. The molecule has 0 aliphatic heterocycles. The fourth-order valence-electron chi connectivity index (χ4n) is 2.23. The normalized spacial score (nSPS) is 11.0. The van der Waals surface area contributed by atoms with Crippen LogP contribution in [0.2, 0.25) is 0 Å². The van der Waals surface area contributed by atoms with E-state index in [-0.39, 0.29) is 12.3 Å². The lowest BCUT2D eigenvalue weighted by Gasteiger charge is -2.05. The molecule has 0 heterocycles. The summed E-state index contributed by atoms with van der Waals surface area (Å²) < 4.78 is 0. The first-order chi connectivity index (χ1) is 12.1. The molecule has 0 aromatic heterocycles. The van der Waals surface area contributed by atoms with Gasteiger partial charge in [-0.25, -0.2) is 5.43 Å². The van der Waals surface area contributed by atoms with E-state index in [0.717, 1.165) is 24.1 Å². The molecule has 0 aliphatic rings. The van der Waals surface area contributed by atoms with Crippen molar-refractivity contribution in [2.24, 2.45) is 5.10 Å². The molecule has 130 valence electrons. The Labute approximate surface area is 148 Å². The molecule has 2 aromatic rings. The Kier molecular flexibility index (Phi) is 7.38. The van der Waals surface area contributed by atoms with Crippen LogP contribution in [-0.4, -0.2) is 17.5 Å². The van der Waals surface area contributed by atoms with Crippen molar-refractivity contribution >= 4 is 17.5 Å². The zero-order valence-corrected chi connectivity index (χ0v) is 14.4. The third-order valence-corrected chi connectivity index (χ3v) is 3.64. The van der Waals surface area contributed by atoms with E-state index in [4.69, 9.17) is 0 Å². The number of hydrogen-bond donors (Lipinski definition) is 2. The van der Waals surface area contributed by atoms with Crippen LogP contribution >= 0.6 is 0 Å². The first-order valence-electron chi connectivity index (χ1n) is 8.30. The molecule has 5 nitrogen and oxygen atoms in total. The zero-order chi connectivity index (χ0) is 17.9. The van der Waals surface area contributed by atoms with E-state index in [1.807, 2.05) is 55.5 Å². The highest BCUT2D eigenvalue weighted by Gasteiger charge is 2.08. The second-order valence-electron chi connectivity index (χ2n) is 5.81. The molecule has 0 fully saturated rings. The summed E-state index contributed by atoms with van der Waals surface area (Å²) in [5.74, 6) is -0.733. The lowest BCUT2D eigenvalue weighted by molar-refractivity contribution is -0.129. The molecule has 0 unspecified atom stereocenters. The van der Waals surface area contributed by atoms with Gasteiger partial charge in [-0.1, -0.05) is 60.7 Å². The van der Waals surface area contributed by atoms with Gasteiger partial charge in [0.05, 0.1) is 0 Å². The largest absolute Gasteiger partial charge is 0.352 e. The summed E-state index contributed by atoms with van der Waals surface area (Å²) in [6, 6.07) is 19.6. The lowest BCUT2D eigenvalue weighted by atomic mass is 10.1. The number of benzene rings is 2. The predicted octanol–water partition coefficient (Wildman–Crippen LogP) is 2.82. The second kappa shape index (κ2) is 10.0. The maximum absolute atomic E-state index is 11.8. The van der Waals surface area contributed by atoms with Crippen LogP contribution in [0.1, 0.15) is 30.9 Å². The van der Waals surface area contributed by atoms with Crippen molar-refractivity contribution in [1.29, 1.82) is 0 Å². The maximum atomic E-state index is 11.8. The first-order valence-corrected chi connectivity index (χ1v) is 8.30. The molecule has 25 heavy (non-hydrogen) atoms. The third kappa shape index (κ3) is 7.44. The van der Waals surface area contributed by atoms with Crippen molar-refractivity contribution in [3.63, 3.8) is 0 Å². The number of rotatable bonds is 8. The van der Waals surface area contributed by atoms with Crippen LogP contribution < -0.4 is 10.7 Å². The summed E-state index contributed by atoms with van der Waals surface area (Å²) in [5.41, 5.74) is 5.47. The Morgan fingerprint density at radius 2 is 1.48 bits per heavy atom. The molecule has 2 amide bonds. The van der Waals surface area contributed by atoms with Gasteiger partial charge in [-0.05, 0) is 30.9 Å². The quantitative estimate of drug-likeness (QED) is 0.442. The summed E-state index contributed by atoms with van der Waals surface area (Å²) in [7, 11) is 0. The minimum absolute atomic E-state index is 0.234. The molecule has 0 radical (unpaired) electrons. The van der Waals surface area contributed by atoms with Crippen molar-refractivity contribution in [1.82, 2.24) is 10.7 Å². The van der Waals surface area contributed by atoms with Crippen LogP contribution in [0, 0.1) is 0 Å². The minimum Gasteiger partial charge on any atom is -0.352 e. The smallest absolute Gasteiger partial charge is 0.249 e. The molecule has 2 aromatic carbocycles. The van der Waals surface area contributed by atoms with Gasteiger partial charge in [0, 0.05) is 12.3 Å². The highest BCUT2D eigenvalue weighted by atomic mass is 16.2. The predicted molar refractivity (Wildman–Crippen MR) is 98.9 cm³/mol. The van der Waals surface area contributed by atoms with Gasteiger partial charge in [0.2, 0.25) is 11.8 Å². The molecule has 2 rings (SSSR count). The third-order valence-electron chi connectivity index (χ3n) is 3.64. The molecule has 0 spiro atoms. The van der Waals surface area contributed by atoms with Crippen molar-refractivity contribution in [2.75, 3.05) is 0 Å². The van der Waals surface area contributed by atoms with Gasteiger partial charge in [-0.15, -0.1) is 0 Å². The monoisotopic (exact) mass is 337 g/mol. The molecular formula is C20H23N3O2. The zero-order valence-electron chi connectivity index (χ0n) is 14.4. The van der Waals surface area contributed by atoms with Crippen LogP contribution in [0.5, 0.6) is 0 Å². The summed E-state index contributed by atoms with van der Waals surface area (Å²) in [6.45, 7) is 2.27. The number of nitrogens with zero attached hydrogens (tertiary/aromatic N) is 1. The molecule has 2 N–H and O–H groups in total. The van der Waals surface area contributed by atoms with E-state index in [1.54, 1.807) is 0 Å². The number of nitrogens with one attached hydrogen (secondary N) is 2. The Balaban J connectivity index is 1.67. The topological polar surface area (TPSA) is 70.6 Å². The standard InChI is InChI=1S/C20H23N3O2/c1-16(12-13-17-8-4-2-5-9-17)22-23-20(25)14-19(24)21-15-18-10-6-3-7-11-18/h2-11H,12-15H2,1H3,(H,21,24)(H,23,25)/b22-16+. The van der Waals surface area contributed by atoms with Gasteiger partial charge < -0.3 is 5.32 Å². The molecular weight excluding hydrogens is 314 g/mol. The molecule has 0 saturated heterocycles. The number of aryl methyl sites for hydroxylation is 1. The van der Waals surface area contributed by atoms with E-state index in [9.17, 15) is 9.59 Å². The Hall–Kier alpha value is -2.95. The highest BCUT2D eigenvalue weighted by molar-refractivity contribution is 5.97. The number of hydrogen-bond acceptors (Lipinski definition) is 3. The second-order valence-corrected chi connectivity index (χ2v) is 5.81. The number of carbonyl (C=O) groups excluding carboxylic acids is 2. The average Bonchev–Trinajstić information content (AvgIpc) is 2.65. The Morgan fingerprint density at radius 1 is 0.880 bits per heavy atom. The van der Waals surface area contributed by atoms with E-state index in [0.29, 0.717) is 6.54 Å². The van der Waals surface area contributed by atoms with E-state index in [1.165, 1.54) is 5.56 Å². The summed E-state index contributed by atoms with van der Waals surface area (Å²) in [5, 5.41) is 6.76. The molecule has 0 saturated carbocycles. The maximum Gasteiger partial charge on any atom is 0.249 e. The Morgan fingerprint density at radius 3 is 2.12 bits per heavy atom. The summed E-state index contributed by atoms with van der Waals surface area (Å²) in [4.78, 5) is 23.5. The lowest BCUT2D eigenvalue weighted by Crippen LogP contribution is -2.29. The van der Waals surface area contributed by atoms with Crippen LogP contribution in [0.15, 0.2) is 65.8 Å². The van der Waals surface area contributed by atoms with Gasteiger partial charge in [0.15, 0.2) is 0 Å². The summed E-state index contributed by atoms with van der Waals surface area (Å²) in [6.07, 6.45) is 1.39. The molecule has 0 bridgehead atoms. The highest BCUT2D eigenvalue weighted by Crippen LogP contribution is 2.03. The van der Waals surface area contributed by atoms with E-state index >= 15 is 0 Å². The van der Waals surface area contributed by atoms with Gasteiger partial charge in [-0.2, -0.15) is 5.10 Å². The minimum atomic E-state index is -0.412. The average molecular weight is 337 g/mol. The first kappa shape index (κ1) is 18.4. The van der Waals surface area contributed by atoms with Crippen molar-refractivity contribution in [3.05, 3.63) is 71.8 Å². The van der Waals surface area contributed by atoms with Crippen molar-refractivity contribution < 1.29 is 9.59 Å². The van der Waals surface area contributed by atoms with Crippen molar-refractivity contribution in [2.45, 2.75) is 32.7 Å². The van der Waals surface area contributed by atoms with Gasteiger partial charge in [-0.3, -0.25) is 9.59 Å². The fourth-order valence-corrected chi connectivity index (χ4v) is 2.23. The van der Waals surface area contributed by atoms with Crippen LogP contribution in [-0.2, 0) is 22.6 Å². The van der Waals surface area contributed by atoms with E-state index < -0.39 is 5.91 Å². The molecule has 0 aliphatic carbocycles. The Bertz CT molecular complexity index is 712. The summed E-state index contributed by atoms with van der Waals surface area (Å²) >= 11 is 0. The fraction of sp³-hybridized carbons (Fsp3) is 0.250. The van der Waals surface area contributed by atoms with Crippen molar-refractivity contribution in [3.8, 4) is 0 Å². The molecule has 5 heteroatoms.